The second-order valence-electron chi connectivity index (χ2n) is 5.38. The first-order valence-corrected chi connectivity index (χ1v) is 9.18. The molecule has 0 heterocycles. The summed E-state index contributed by atoms with van der Waals surface area (Å²) < 4.78 is 40.1. The van der Waals surface area contributed by atoms with Crippen molar-refractivity contribution in [1.29, 1.82) is 0 Å². The van der Waals surface area contributed by atoms with Crippen molar-refractivity contribution in [3.63, 3.8) is 0 Å². The van der Waals surface area contributed by atoms with Crippen LogP contribution in [0.4, 0.5) is 4.39 Å². The summed E-state index contributed by atoms with van der Waals surface area (Å²) >= 11 is 3.59. The van der Waals surface area contributed by atoms with Crippen molar-refractivity contribution in [2.24, 2.45) is 5.92 Å². The van der Waals surface area contributed by atoms with Gasteiger partial charge in [-0.2, -0.15) is 0 Å². The second-order valence-corrected chi connectivity index (χ2v) is 8.41. The van der Waals surface area contributed by atoms with Crippen molar-refractivity contribution in [2.75, 3.05) is 6.54 Å². The van der Waals surface area contributed by atoms with Crippen LogP contribution in [0.1, 0.15) is 31.2 Å². The lowest BCUT2D eigenvalue weighted by atomic mass is 9.89. The first kappa shape index (κ1) is 15.9. The van der Waals surface area contributed by atoms with Crippen LogP contribution in [-0.2, 0) is 10.0 Å². The summed E-state index contributed by atoms with van der Waals surface area (Å²) in [6.07, 6.45) is 4.23. The predicted molar refractivity (Wildman–Crippen MR) is 81.0 cm³/mol. The monoisotopic (exact) mass is 363 g/mol. The molecule has 0 atom stereocenters. The quantitative estimate of drug-likeness (QED) is 0.833. The van der Waals surface area contributed by atoms with Crippen molar-refractivity contribution in [1.82, 2.24) is 4.72 Å². The van der Waals surface area contributed by atoms with Crippen LogP contribution in [0.15, 0.2) is 23.1 Å². The van der Waals surface area contributed by atoms with Gasteiger partial charge >= 0.3 is 0 Å². The molecule has 0 radical (unpaired) electrons. The molecule has 1 saturated carbocycles. The minimum atomic E-state index is -3.55. The van der Waals surface area contributed by atoms with Gasteiger partial charge in [0.2, 0.25) is 10.0 Å². The number of benzene rings is 1. The maximum Gasteiger partial charge on any atom is 0.240 e. The van der Waals surface area contributed by atoms with E-state index in [1.807, 2.05) is 0 Å². The van der Waals surface area contributed by atoms with Gasteiger partial charge in [0.25, 0.3) is 0 Å². The zero-order valence-corrected chi connectivity index (χ0v) is 13.8. The highest BCUT2D eigenvalue weighted by molar-refractivity contribution is 9.09. The van der Waals surface area contributed by atoms with E-state index in [1.54, 1.807) is 6.92 Å². The second kappa shape index (κ2) is 6.54. The zero-order valence-electron chi connectivity index (χ0n) is 11.4. The molecule has 0 unspecified atom stereocenters. The van der Waals surface area contributed by atoms with E-state index in [0.717, 1.165) is 25.7 Å². The van der Waals surface area contributed by atoms with Gasteiger partial charge in [0.15, 0.2) is 0 Å². The third-order valence-electron chi connectivity index (χ3n) is 3.76. The van der Waals surface area contributed by atoms with E-state index in [4.69, 9.17) is 0 Å². The van der Waals surface area contributed by atoms with E-state index < -0.39 is 15.8 Å². The Morgan fingerprint density at radius 1 is 1.30 bits per heavy atom. The fourth-order valence-corrected chi connectivity index (χ4v) is 4.41. The van der Waals surface area contributed by atoms with Gasteiger partial charge in [-0.1, -0.05) is 15.9 Å². The van der Waals surface area contributed by atoms with Crippen LogP contribution in [0.25, 0.3) is 0 Å². The molecule has 3 nitrogen and oxygen atoms in total. The Hall–Kier alpha value is -0.460. The molecule has 2 rings (SSSR count). The highest BCUT2D eigenvalue weighted by Gasteiger charge is 2.22. The van der Waals surface area contributed by atoms with Crippen molar-refractivity contribution in [3.05, 3.63) is 29.6 Å². The summed E-state index contributed by atoms with van der Waals surface area (Å²) in [4.78, 5) is 0.725. The van der Waals surface area contributed by atoms with E-state index in [1.165, 1.54) is 18.2 Å². The number of sulfonamides is 1. The van der Waals surface area contributed by atoms with Crippen molar-refractivity contribution < 1.29 is 12.8 Å². The van der Waals surface area contributed by atoms with Gasteiger partial charge in [0.1, 0.15) is 5.82 Å². The summed E-state index contributed by atoms with van der Waals surface area (Å²) in [6.45, 7) is 2.06. The lowest BCUT2D eigenvalue weighted by Gasteiger charge is -2.25. The van der Waals surface area contributed by atoms with Gasteiger partial charge in [0, 0.05) is 11.4 Å². The van der Waals surface area contributed by atoms with Crippen LogP contribution in [0, 0.1) is 18.7 Å². The van der Waals surface area contributed by atoms with Gasteiger partial charge in [0.05, 0.1) is 4.90 Å². The van der Waals surface area contributed by atoms with Crippen molar-refractivity contribution in [3.8, 4) is 0 Å². The number of hydrogen-bond donors (Lipinski definition) is 1. The van der Waals surface area contributed by atoms with Crippen LogP contribution in [0.3, 0.4) is 0 Å². The number of hydrogen-bond acceptors (Lipinski definition) is 2. The fourth-order valence-electron chi connectivity index (χ4n) is 2.55. The molecule has 1 N–H and O–H groups in total. The average molecular weight is 364 g/mol. The van der Waals surface area contributed by atoms with Gasteiger partial charge in [-0.25, -0.2) is 17.5 Å². The number of rotatable bonds is 4. The molecule has 112 valence electrons. The first-order chi connectivity index (χ1) is 9.38. The van der Waals surface area contributed by atoms with Gasteiger partial charge in [-0.05, 0) is 62.3 Å². The maximum absolute atomic E-state index is 13.0. The van der Waals surface area contributed by atoms with Crippen LogP contribution in [0.2, 0.25) is 0 Å². The summed E-state index contributed by atoms with van der Waals surface area (Å²) in [5, 5.41) is 0. The molecule has 0 spiro atoms. The Kier molecular flexibility index (Phi) is 5.20. The Bertz CT molecular complexity index is 569. The molecule has 1 fully saturated rings. The Morgan fingerprint density at radius 2 is 1.95 bits per heavy atom. The molecule has 1 aliphatic rings. The molecule has 0 amide bonds. The molecule has 1 aromatic rings. The standard InChI is InChI=1S/C14H19BrFNO2S/c1-10-8-13(16)6-7-14(10)20(18,19)17-9-11-2-4-12(15)5-3-11/h6-8,11-12,17H,2-5,9H2,1H3. The Morgan fingerprint density at radius 3 is 2.55 bits per heavy atom. The van der Waals surface area contributed by atoms with Gasteiger partial charge in [-0.15, -0.1) is 0 Å². The molecule has 20 heavy (non-hydrogen) atoms. The van der Waals surface area contributed by atoms with Crippen LogP contribution in [0.5, 0.6) is 0 Å². The number of alkyl halides is 1. The van der Waals surface area contributed by atoms with Crippen LogP contribution in [-0.4, -0.2) is 19.8 Å². The smallest absolute Gasteiger partial charge is 0.211 e. The van der Waals surface area contributed by atoms with Gasteiger partial charge in [-0.3, -0.25) is 0 Å². The molecule has 0 saturated heterocycles. The third kappa shape index (κ3) is 4.02. The SMILES string of the molecule is Cc1cc(F)ccc1S(=O)(=O)NCC1CCC(Br)CC1. The summed E-state index contributed by atoms with van der Waals surface area (Å²) in [5.41, 5.74) is 0.432. The van der Waals surface area contributed by atoms with E-state index >= 15 is 0 Å². The number of nitrogens with one attached hydrogen (secondary N) is 1. The highest BCUT2D eigenvalue weighted by Crippen LogP contribution is 2.28. The topological polar surface area (TPSA) is 46.2 Å². The van der Waals surface area contributed by atoms with Crippen molar-refractivity contribution >= 4 is 26.0 Å². The lowest BCUT2D eigenvalue weighted by Crippen LogP contribution is -2.31. The number of halogens is 2. The Balaban J connectivity index is 2.00. The molecule has 0 bridgehead atoms. The lowest BCUT2D eigenvalue weighted by molar-refractivity contribution is 0.366. The minimum absolute atomic E-state index is 0.160. The molecule has 6 heteroatoms. The third-order valence-corrected chi connectivity index (χ3v) is 6.26. The first-order valence-electron chi connectivity index (χ1n) is 6.78. The van der Waals surface area contributed by atoms with E-state index in [0.29, 0.717) is 22.9 Å². The highest BCUT2D eigenvalue weighted by atomic mass is 79.9. The molecular weight excluding hydrogens is 345 g/mol. The summed E-state index contributed by atoms with van der Waals surface area (Å²) in [6, 6.07) is 3.74. The van der Waals surface area contributed by atoms with E-state index in [9.17, 15) is 12.8 Å². The van der Waals surface area contributed by atoms with E-state index in [2.05, 4.69) is 20.7 Å². The predicted octanol–water partition coefficient (Wildman–Crippen LogP) is 3.37. The van der Waals surface area contributed by atoms with Gasteiger partial charge < -0.3 is 0 Å². The average Bonchev–Trinajstić information content (AvgIpc) is 2.37. The minimum Gasteiger partial charge on any atom is -0.211 e. The maximum atomic E-state index is 13.0. The molecule has 0 aliphatic heterocycles. The molecule has 1 aromatic carbocycles. The Labute approximate surface area is 128 Å². The van der Waals surface area contributed by atoms with Crippen LogP contribution >= 0.6 is 15.9 Å². The fraction of sp³-hybridized carbons (Fsp3) is 0.571. The molecule has 1 aliphatic carbocycles. The number of aryl methyl sites for hydroxylation is 1. The normalized spacial score (nSPS) is 23.8. The van der Waals surface area contributed by atoms with Crippen molar-refractivity contribution in [2.45, 2.75) is 42.3 Å². The summed E-state index contributed by atoms with van der Waals surface area (Å²) in [7, 11) is -3.55. The summed E-state index contributed by atoms with van der Waals surface area (Å²) in [5.74, 6) is -0.0311. The molecule has 0 aromatic heterocycles. The zero-order chi connectivity index (χ0) is 14.8. The van der Waals surface area contributed by atoms with E-state index in [-0.39, 0.29) is 4.90 Å². The molecular formula is C14H19BrFNO2S. The van der Waals surface area contributed by atoms with Crippen LogP contribution < -0.4 is 4.72 Å². The largest absolute Gasteiger partial charge is 0.240 e.